The maximum absolute atomic E-state index is 3.59. The molecule has 1 saturated carbocycles. The number of hydrogen-bond donors (Lipinski definition) is 1. The van der Waals surface area contributed by atoms with Gasteiger partial charge >= 0.3 is 0 Å². The average molecular weight is 208 g/mol. The second-order valence-electron chi connectivity index (χ2n) is 5.85. The van der Waals surface area contributed by atoms with E-state index < -0.39 is 0 Å². The second-order valence-corrected chi connectivity index (χ2v) is 5.85. The molecule has 0 bridgehead atoms. The number of hydrogen-bond acceptors (Lipinski definition) is 2. The smallest absolute Gasteiger partial charge is 0.0346 e. The van der Waals surface area contributed by atoms with E-state index in [-0.39, 0.29) is 0 Å². The topological polar surface area (TPSA) is 15.3 Å². The minimum atomic E-state index is 0.598. The van der Waals surface area contributed by atoms with Crippen molar-refractivity contribution in [3.63, 3.8) is 0 Å². The molecule has 2 heteroatoms. The van der Waals surface area contributed by atoms with Crippen molar-refractivity contribution in [1.29, 1.82) is 0 Å². The van der Waals surface area contributed by atoms with Gasteiger partial charge in [0.1, 0.15) is 0 Å². The van der Waals surface area contributed by atoms with Gasteiger partial charge in [-0.3, -0.25) is 4.90 Å². The van der Waals surface area contributed by atoms with Crippen LogP contribution in [0.5, 0.6) is 0 Å². The van der Waals surface area contributed by atoms with Crippen LogP contribution in [0.25, 0.3) is 0 Å². The predicted octanol–water partition coefficient (Wildman–Crippen LogP) is 2.00. The van der Waals surface area contributed by atoms with Gasteiger partial charge in [0, 0.05) is 25.2 Å². The highest BCUT2D eigenvalue weighted by Gasteiger charge is 2.45. The van der Waals surface area contributed by atoms with Gasteiger partial charge in [0.05, 0.1) is 0 Å². The third-order valence-corrected chi connectivity index (χ3v) is 4.92. The fourth-order valence-electron chi connectivity index (χ4n) is 3.81. The standard InChI is InChI=1S/C13H24N2/c1-2-5-12(4-1)10-15-9-7-13(15)6-3-8-14-11-13/h12,14H,1-11H2/t13-/m1/s1. The molecule has 0 aromatic rings. The molecule has 1 N–H and O–H groups in total. The summed E-state index contributed by atoms with van der Waals surface area (Å²) in [5, 5.41) is 3.59. The fraction of sp³-hybridized carbons (Fsp3) is 1.00. The number of nitrogens with zero attached hydrogens (tertiary/aromatic N) is 1. The highest BCUT2D eigenvalue weighted by Crippen LogP contribution is 2.38. The van der Waals surface area contributed by atoms with Gasteiger partial charge in [-0.1, -0.05) is 12.8 Å². The van der Waals surface area contributed by atoms with Gasteiger partial charge in [0.2, 0.25) is 0 Å². The molecule has 3 rings (SSSR count). The third-order valence-electron chi connectivity index (χ3n) is 4.92. The lowest BCUT2D eigenvalue weighted by Crippen LogP contribution is -2.66. The lowest BCUT2D eigenvalue weighted by molar-refractivity contribution is -0.0414. The number of piperidine rings is 1. The van der Waals surface area contributed by atoms with E-state index in [0.717, 1.165) is 5.92 Å². The summed E-state index contributed by atoms with van der Waals surface area (Å²) in [7, 11) is 0. The van der Waals surface area contributed by atoms with E-state index in [9.17, 15) is 0 Å². The van der Waals surface area contributed by atoms with Crippen molar-refractivity contribution in [3.8, 4) is 0 Å². The summed E-state index contributed by atoms with van der Waals surface area (Å²) < 4.78 is 0. The number of likely N-dealkylation sites (tertiary alicyclic amines) is 1. The Hall–Kier alpha value is -0.0800. The van der Waals surface area contributed by atoms with Crippen molar-refractivity contribution in [2.24, 2.45) is 5.92 Å². The van der Waals surface area contributed by atoms with E-state index in [1.54, 1.807) is 0 Å². The molecule has 2 saturated heterocycles. The van der Waals surface area contributed by atoms with Crippen molar-refractivity contribution >= 4 is 0 Å². The van der Waals surface area contributed by atoms with Crippen molar-refractivity contribution in [2.75, 3.05) is 26.2 Å². The van der Waals surface area contributed by atoms with E-state index >= 15 is 0 Å². The SMILES string of the molecule is C1CCC(CN2CC[C@@]23CCCNC3)C1. The van der Waals surface area contributed by atoms with E-state index in [1.165, 1.54) is 71.1 Å². The highest BCUT2D eigenvalue weighted by atomic mass is 15.3. The Morgan fingerprint density at radius 1 is 1.13 bits per heavy atom. The van der Waals surface area contributed by atoms with Gasteiger partial charge in [0.25, 0.3) is 0 Å². The molecular weight excluding hydrogens is 184 g/mol. The Kier molecular flexibility index (Phi) is 2.73. The van der Waals surface area contributed by atoms with E-state index in [2.05, 4.69) is 10.2 Å². The second kappa shape index (κ2) is 4.06. The van der Waals surface area contributed by atoms with Crippen LogP contribution in [0.3, 0.4) is 0 Å². The minimum absolute atomic E-state index is 0.598. The maximum Gasteiger partial charge on any atom is 0.0346 e. The Labute approximate surface area is 93.4 Å². The largest absolute Gasteiger partial charge is 0.315 e. The molecule has 1 atom stereocenters. The minimum Gasteiger partial charge on any atom is -0.315 e. The van der Waals surface area contributed by atoms with Gasteiger partial charge in [-0.25, -0.2) is 0 Å². The summed E-state index contributed by atoms with van der Waals surface area (Å²) in [5.74, 6) is 1.03. The van der Waals surface area contributed by atoms with Crippen LogP contribution in [0.4, 0.5) is 0 Å². The fourth-order valence-corrected chi connectivity index (χ4v) is 3.81. The normalized spacial score (nSPS) is 38.4. The molecule has 15 heavy (non-hydrogen) atoms. The molecule has 3 aliphatic rings. The molecular formula is C13H24N2. The molecule has 1 aliphatic carbocycles. The molecule has 86 valence electrons. The van der Waals surface area contributed by atoms with Crippen LogP contribution in [-0.4, -0.2) is 36.6 Å². The first-order valence-electron chi connectivity index (χ1n) is 6.85. The summed E-state index contributed by atoms with van der Waals surface area (Å²) in [6.45, 7) is 5.29. The molecule has 2 nitrogen and oxygen atoms in total. The lowest BCUT2D eigenvalue weighted by Gasteiger charge is -2.56. The molecule has 1 spiro atoms. The Bertz CT molecular complexity index is 215. The van der Waals surface area contributed by atoms with Gasteiger partial charge in [-0.2, -0.15) is 0 Å². The molecule has 0 aromatic heterocycles. The lowest BCUT2D eigenvalue weighted by atomic mass is 9.77. The van der Waals surface area contributed by atoms with Crippen LogP contribution in [0.1, 0.15) is 44.9 Å². The van der Waals surface area contributed by atoms with Gasteiger partial charge in [0.15, 0.2) is 0 Å². The summed E-state index contributed by atoms with van der Waals surface area (Å²) in [4.78, 5) is 2.80. The van der Waals surface area contributed by atoms with Crippen LogP contribution in [0.15, 0.2) is 0 Å². The monoisotopic (exact) mass is 208 g/mol. The van der Waals surface area contributed by atoms with Crippen LogP contribution >= 0.6 is 0 Å². The van der Waals surface area contributed by atoms with Crippen LogP contribution in [-0.2, 0) is 0 Å². The molecule has 0 unspecified atom stereocenters. The van der Waals surface area contributed by atoms with E-state index in [1.807, 2.05) is 0 Å². The highest BCUT2D eigenvalue weighted by molar-refractivity contribution is 5.03. The zero-order valence-electron chi connectivity index (χ0n) is 9.80. The summed E-state index contributed by atoms with van der Waals surface area (Å²) >= 11 is 0. The number of rotatable bonds is 2. The molecule has 0 radical (unpaired) electrons. The Morgan fingerprint density at radius 2 is 2.00 bits per heavy atom. The van der Waals surface area contributed by atoms with Crippen LogP contribution < -0.4 is 5.32 Å². The zero-order chi connectivity index (χ0) is 10.1. The van der Waals surface area contributed by atoms with Crippen LogP contribution in [0.2, 0.25) is 0 Å². The summed E-state index contributed by atoms with van der Waals surface area (Å²) in [6, 6.07) is 0. The maximum atomic E-state index is 3.59. The predicted molar refractivity (Wildman–Crippen MR) is 63.0 cm³/mol. The third kappa shape index (κ3) is 1.83. The average Bonchev–Trinajstić information content (AvgIpc) is 2.78. The summed E-state index contributed by atoms with van der Waals surface area (Å²) in [6.07, 6.45) is 10.3. The van der Waals surface area contributed by atoms with Gasteiger partial charge < -0.3 is 5.32 Å². The molecule has 0 aromatic carbocycles. The quantitative estimate of drug-likeness (QED) is 0.747. The first-order chi connectivity index (χ1) is 7.39. The van der Waals surface area contributed by atoms with Crippen LogP contribution in [0, 0.1) is 5.92 Å². The first kappa shape index (κ1) is 10.1. The van der Waals surface area contributed by atoms with E-state index in [4.69, 9.17) is 0 Å². The Balaban J connectivity index is 1.56. The molecule has 3 fully saturated rings. The van der Waals surface area contributed by atoms with E-state index in [0.29, 0.717) is 5.54 Å². The Morgan fingerprint density at radius 3 is 2.60 bits per heavy atom. The van der Waals surface area contributed by atoms with Gasteiger partial charge in [-0.05, 0) is 44.6 Å². The molecule has 2 heterocycles. The van der Waals surface area contributed by atoms with Crippen molar-refractivity contribution in [2.45, 2.75) is 50.5 Å². The van der Waals surface area contributed by atoms with Crippen molar-refractivity contribution < 1.29 is 0 Å². The van der Waals surface area contributed by atoms with Crippen molar-refractivity contribution in [3.05, 3.63) is 0 Å². The first-order valence-corrected chi connectivity index (χ1v) is 6.85. The molecule has 2 aliphatic heterocycles. The molecule has 0 amide bonds. The number of nitrogens with one attached hydrogen (secondary N) is 1. The summed E-state index contributed by atoms with van der Waals surface area (Å²) in [5.41, 5.74) is 0.598. The van der Waals surface area contributed by atoms with Crippen molar-refractivity contribution in [1.82, 2.24) is 10.2 Å². The zero-order valence-corrected chi connectivity index (χ0v) is 9.80. The van der Waals surface area contributed by atoms with Gasteiger partial charge in [-0.15, -0.1) is 0 Å².